The minimum Gasteiger partial charge on any atom is -0.478 e. The van der Waals surface area contributed by atoms with E-state index in [-0.39, 0.29) is 23.3 Å². The van der Waals surface area contributed by atoms with Crippen molar-refractivity contribution in [1.29, 1.82) is 0 Å². The molecule has 2 atom stereocenters. The number of nitrogens with one attached hydrogen (secondary N) is 1. The molecule has 1 saturated heterocycles. The summed E-state index contributed by atoms with van der Waals surface area (Å²) in [7, 11) is 2.11. The number of likely N-dealkylation sites (tertiary alicyclic amines) is 1. The second kappa shape index (κ2) is 7.53. The predicted molar refractivity (Wildman–Crippen MR) is 92.5 cm³/mol. The molecule has 2 aromatic rings. The molecule has 1 fully saturated rings. The van der Waals surface area contributed by atoms with E-state index in [2.05, 4.69) is 29.4 Å². The molecule has 6 heteroatoms. The normalized spacial score (nSPS) is 21.0. The monoisotopic (exact) mass is 342 g/mol. The van der Waals surface area contributed by atoms with E-state index in [1.54, 1.807) is 0 Å². The van der Waals surface area contributed by atoms with Gasteiger partial charge in [-0.3, -0.25) is 9.69 Å². The molecule has 2 heterocycles. The van der Waals surface area contributed by atoms with Crippen LogP contribution < -0.4 is 5.32 Å². The smallest absolute Gasteiger partial charge is 0.338 e. The van der Waals surface area contributed by atoms with Gasteiger partial charge in [-0.1, -0.05) is 30.3 Å². The number of aromatic carboxylic acids is 1. The molecule has 1 aromatic heterocycles. The van der Waals surface area contributed by atoms with Gasteiger partial charge >= 0.3 is 5.97 Å². The average Bonchev–Trinajstić information content (AvgIpc) is 3.11. The zero-order valence-corrected chi connectivity index (χ0v) is 14.1. The lowest BCUT2D eigenvalue weighted by molar-refractivity contribution is 0.0695. The van der Waals surface area contributed by atoms with E-state index >= 15 is 0 Å². The van der Waals surface area contributed by atoms with Crippen LogP contribution in [-0.4, -0.2) is 42.0 Å². The van der Waals surface area contributed by atoms with Gasteiger partial charge in [-0.2, -0.15) is 0 Å². The van der Waals surface area contributed by atoms with Crippen molar-refractivity contribution in [2.75, 3.05) is 20.1 Å². The molecule has 3 rings (SSSR count). The number of nitrogens with zero attached hydrogens (tertiary/aromatic N) is 1. The molecule has 0 radical (unpaired) electrons. The standard InChI is InChI=1S/C19H22N2O4/c1-21-9-5-8-14(17(21)13-6-3-2-4-7-13)11-20-18(22)16-10-15(12-25-16)19(23)24/h2-4,6-7,10,12,14,17H,5,8-9,11H2,1H3,(H,20,22)(H,23,24)/t14-,17-/m0/s1. The Labute approximate surface area is 146 Å². The van der Waals surface area contributed by atoms with Gasteiger partial charge in [0.2, 0.25) is 0 Å². The van der Waals surface area contributed by atoms with Crippen molar-refractivity contribution in [3.8, 4) is 0 Å². The Balaban J connectivity index is 1.67. The highest BCUT2D eigenvalue weighted by atomic mass is 16.4. The highest BCUT2D eigenvalue weighted by molar-refractivity contribution is 5.95. The molecule has 132 valence electrons. The lowest BCUT2D eigenvalue weighted by Gasteiger charge is -2.39. The zero-order valence-electron chi connectivity index (χ0n) is 14.1. The fourth-order valence-corrected chi connectivity index (χ4v) is 3.53. The maximum atomic E-state index is 12.2. The van der Waals surface area contributed by atoms with E-state index in [1.165, 1.54) is 11.6 Å². The molecule has 2 N–H and O–H groups in total. The van der Waals surface area contributed by atoms with E-state index < -0.39 is 5.97 Å². The number of carbonyl (C=O) groups is 2. The number of hydrogen-bond acceptors (Lipinski definition) is 4. The van der Waals surface area contributed by atoms with Gasteiger partial charge in [-0.15, -0.1) is 0 Å². The Morgan fingerprint density at radius 2 is 2.08 bits per heavy atom. The van der Waals surface area contributed by atoms with E-state index in [0.717, 1.165) is 25.6 Å². The maximum Gasteiger partial charge on any atom is 0.338 e. The molecule has 1 aromatic carbocycles. The first kappa shape index (κ1) is 17.2. The zero-order chi connectivity index (χ0) is 17.8. The van der Waals surface area contributed by atoms with Crippen molar-refractivity contribution in [2.45, 2.75) is 18.9 Å². The molecular formula is C19H22N2O4. The van der Waals surface area contributed by atoms with Gasteiger partial charge < -0.3 is 14.8 Å². The highest BCUT2D eigenvalue weighted by Crippen LogP contribution is 2.34. The summed E-state index contributed by atoms with van der Waals surface area (Å²) in [5.74, 6) is -1.18. The van der Waals surface area contributed by atoms with Crippen molar-refractivity contribution in [3.05, 3.63) is 59.5 Å². The highest BCUT2D eigenvalue weighted by Gasteiger charge is 2.30. The van der Waals surface area contributed by atoms with Crippen LogP contribution >= 0.6 is 0 Å². The Bertz CT molecular complexity index is 741. The van der Waals surface area contributed by atoms with Crippen LogP contribution in [0.3, 0.4) is 0 Å². The van der Waals surface area contributed by atoms with Crippen molar-refractivity contribution in [2.24, 2.45) is 5.92 Å². The minimum absolute atomic E-state index is 0.0234. The first-order valence-corrected chi connectivity index (χ1v) is 8.41. The number of amides is 1. The molecule has 1 amide bonds. The first-order chi connectivity index (χ1) is 12.1. The van der Waals surface area contributed by atoms with Crippen LogP contribution in [0.1, 0.15) is 45.4 Å². The molecule has 0 aliphatic carbocycles. The second-order valence-corrected chi connectivity index (χ2v) is 6.45. The molecule has 1 aliphatic rings. The number of hydrogen-bond donors (Lipinski definition) is 2. The summed E-state index contributed by atoms with van der Waals surface area (Å²) in [5.41, 5.74) is 1.22. The number of furan rings is 1. The summed E-state index contributed by atoms with van der Waals surface area (Å²) in [6.07, 6.45) is 3.20. The Kier molecular flexibility index (Phi) is 5.19. The number of carbonyl (C=O) groups excluding carboxylic acids is 1. The molecule has 0 spiro atoms. The SMILES string of the molecule is CN1CCC[C@@H](CNC(=O)c2cc(C(=O)O)co2)[C@@H]1c1ccccc1. The fourth-order valence-electron chi connectivity index (χ4n) is 3.53. The second-order valence-electron chi connectivity index (χ2n) is 6.45. The third kappa shape index (κ3) is 3.91. The number of carboxylic acids is 1. The van der Waals surface area contributed by atoms with Crippen LogP contribution in [0.4, 0.5) is 0 Å². The van der Waals surface area contributed by atoms with E-state index in [1.807, 2.05) is 18.2 Å². The molecule has 0 saturated carbocycles. The van der Waals surface area contributed by atoms with Gasteiger partial charge in [0.15, 0.2) is 5.76 Å². The Hall–Kier alpha value is -2.60. The van der Waals surface area contributed by atoms with E-state index in [0.29, 0.717) is 12.5 Å². The first-order valence-electron chi connectivity index (χ1n) is 8.41. The summed E-state index contributed by atoms with van der Waals surface area (Å²) in [5, 5.41) is 11.8. The number of piperidine rings is 1. The van der Waals surface area contributed by atoms with Crippen LogP contribution in [0.15, 0.2) is 47.1 Å². The third-order valence-electron chi connectivity index (χ3n) is 4.74. The maximum absolute atomic E-state index is 12.2. The van der Waals surface area contributed by atoms with Crippen LogP contribution in [0.25, 0.3) is 0 Å². The lowest BCUT2D eigenvalue weighted by Crippen LogP contribution is -2.41. The Morgan fingerprint density at radius 1 is 1.32 bits per heavy atom. The lowest BCUT2D eigenvalue weighted by atomic mass is 9.85. The van der Waals surface area contributed by atoms with E-state index in [4.69, 9.17) is 9.52 Å². The molecule has 1 aliphatic heterocycles. The minimum atomic E-state index is -1.11. The third-order valence-corrected chi connectivity index (χ3v) is 4.74. The molecule has 6 nitrogen and oxygen atoms in total. The van der Waals surface area contributed by atoms with Gasteiger partial charge in [0.1, 0.15) is 6.26 Å². The van der Waals surface area contributed by atoms with Crippen LogP contribution in [0.5, 0.6) is 0 Å². The largest absolute Gasteiger partial charge is 0.478 e. The summed E-state index contributed by atoms with van der Waals surface area (Å²) < 4.78 is 5.06. The van der Waals surface area contributed by atoms with Crippen LogP contribution in [0, 0.1) is 5.92 Å². The number of benzene rings is 1. The summed E-state index contributed by atoms with van der Waals surface area (Å²) in [6.45, 7) is 1.55. The predicted octanol–water partition coefficient (Wildman–Crippen LogP) is 2.79. The van der Waals surface area contributed by atoms with Gasteiger partial charge in [0.25, 0.3) is 5.91 Å². The van der Waals surface area contributed by atoms with Gasteiger partial charge in [-0.05, 0) is 37.9 Å². The van der Waals surface area contributed by atoms with Gasteiger partial charge in [0, 0.05) is 18.7 Å². The fraction of sp³-hybridized carbons (Fsp3) is 0.368. The quantitative estimate of drug-likeness (QED) is 0.873. The van der Waals surface area contributed by atoms with Gasteiger partial charge in [0.05, 0.1) is 5.56 Å². The van der Waals surface area contributed by atoms with Gasteiger partial charge in [-0.25, -0.2) is 4.79 Å². The van der Waals surface area contributed by atoms with Crippen LogP contribution in [-0.2, 0) is 0 Å². The van der Waals surface area contributed by atoms with Crippen LogP contribution in [0.2, 0.25) is 0 Å². The van der Waals surface area contributed by atoms with E-state index in [9.17, 15) is 9.59 Å². The molecular weight excluding hydrogens is 320 g/mol. The number of rotatable bonds is 5. The van der Waals surface area contributed by atoms with Crippen molar-refractivity contribution >= 4 is 11.9 Å². The average molecular weight is 342 g/mol. The number of carboxylic acid groups (broad SMARTS) is 1. The van der Waals surface area contributed by atoms with Crippen molar-refractivity contribution < 1.29 is 19.1 Å². The summed E-state index contributed by atoms with van der Waals surface area (Å²) in [6, 6.07) is 11.8. The van der Waals surface area contributed by atoms with Crippen molar-refractivity contribution in [3.63, 3.8) is 0 Å². The summed E-state index contributed by atoms with van der Waals surface area (Å²) >= 11 is 0. The van der Waals surface area contributed by atoms with Crippen molar-refractivity contribution in [1.82, 2.24) is 10.2 Å². The molecule has 0 unspecified atom stereocenters. The Morgan fingerprint density at radius 3 is 2.76 bits per heavy atom. The molecule has 0 bridgehead atoms. The topological polar surface area (TPSA) is 82.8 Å². The summed E-state index contributed by atoms with van der Waals surface area (Å²) in [4.78, 5) is 25.4. The molecule has 25 heavy (non-hydrogen) atoms.